The SMILES string of the molecule is CC(C)(CO)Nc1ccc(C(=O)Nc2cccc(S(=O)(=O)C(C)(C)C)c2)c(N2CCC3(CC2)CC3)n1. The first kappa shape index (κ1) is 26.4. The van der Waals surface area contributed by atoms with E-state index >= 15 is 0 Å². The first-order valence-corrected chi connectivity index (χ1v) is 14.0. The van der Waals surface area contributed by atoms with E-state index in [4.69, 9.17) is 4.98 Å². The number of nitrogens with one attached hydrogen (secondary N) is 2. The molecule has 36 heavy (non-hydrogen) atoms. The van der Waals surface area contributed by atoms with Gasteiger partial charge in [0, 0.05) is 18.8 Å². The Morgan fingerprint density at radius 2 is 1.72 bits per heavy atom. The highest BCUT2D eigenvalue weighted by atomic mass is 32.2. The van der Waals surface area contributed by atoms with E-state index in [0.29, 0.717) is 28.3 Å². The Hall–Kier alpha value is -2.65. The number of aromatic nitrogens is 1. The Bertz CT molecular complexity index is 1240. The predicted octanol–water partition coefficient (Wildman–Crippen LogP) is 4.47. The molecule has 1 aromatic heterocycles. The molecular weight excluding hydrogens is 476 g/mol. The monoisotopic (exact) mass is 514 g/mol. The highest BCUT2D eigenvalue weighted by Crippen LogP contribution is 2.54. The van der Waals surface area contributed by atoms with E-state index in [0.717, 1.165) is 25.9 Å². The van der Waals surface area contributed by atoms with Crippen molar-refractivity contribution >= 4 is 33.1 Å². The van der Waals surface area contributed by atoms with Gasteiger partial charge in [-0.15, -0.1) is 0 Å². The molecule has 1 saturated carbocycles. The number of hydrogen-bond donors (Lipinski definition) is 3. The van der Waals surface area contributed by atoms with Crippen molar-refractivity contribution < 1.29 is 18.3 Å². The second-order valence-electron chi connectivity index (χ2n) is 11.8. The number of carbonyl (C=O) groups is 1. The van der Waals surface area contributed by atoms with Crippen LogP contribution in [0.1, 0.15) is 70.7 Å². The Labute approximate surface area is 214 Å². The van der Waals surface area contributed by atoms with Crippen molar-refractivity contribution in [2.75, 3.05) is 35.2 Å². The van der Waals surface area contributed by atoms with Crippen molar-refractivity contribution in [2.24, 2.45) is 5.41 Å². The molecule has 196 valence electrons. The largest absolute Gasteiger partial charge is 0.394 e. The Morgan fingerprint density at radius 3 is 2.31 bits per heavy atom. The Kier molecular flexibility index (Phi) is 6.85. The standard InChI is InChI=1S/C27H38N4O4S/c1-25(2,3)36(34,35)20-8-6-7-19(17-20)28-24(33)21-9-10-22(30-26(4,5)18-32)29-23(21)31-15-13-27(11-12-27)14-16-31/h6-10,17,32H,11-16,18H2,1-5H3,(H,28,33)(H,29,30). The van der Waals surface area contributed by atoms with Crippen LogP contribution in [0.3, 0.4) is 0 Å². The number of nitrogens with zero attached hydrogens (tertiary/aromatic N) is 2. The van der Waals surface area contributed by atoms with Crippen LogP contribution < -0.4 is 15.5 Å². The van der Waals surface area contributed by atoms with E-state index < -0.39 is 20.1 Å². The molecule has 1 saturated heterocycles. The summed E-state index contributed by atoms with van der Waals surface area (Å²) in [6, 6.07) is 9.85. The Balaban J connectivity index is 1.62. The maximum absolute atomic E-state index is 13.4. The van der Waals surface area contributed by atoms with E-state index in [-0.39, 0.29) is 17.4 Å². The molecular formula is C27H38N4O4S. The van der Waals surface area contributed by atoms with Crippen LogP contribution in [-0.4, -0.2) is 54.4 Å². The molecule has 9 heteroatoms. The summed E-state index contributed by atoms with van der Waals surface area (Å²) in [5.41, 5.74) is 0.758. The number of rotatable bonds is 7. The van der Waals surface area contributed by atoms with Gasteiger partial charge in [0.1, 0.15) is 11.6 Å². The molecule has 1 aliphatic carbocycles. The number of pyridine rings is 1. The van der Waals surface area contributed by atoms with Gasteiger partial charge >= 0.3 is 0 Å². The van der Waals surface area contributed by atoms with Crippen molar-refractivity contribution in [3.63, 3.8) is 0 Å². The minimum absolute atomic E-state index is 0.0632. The lowest BCUT2D eigenvalue weighted by molar-refractivity contribution is 0.102. The maximum Gasteiger partial charge on any atom is 0.259 e. The lowest BCUT2D eigenvalue weighted by Crippen LogP contribution is -2.38. The fourth-order valence-electron chi connectivity index (χ4n) is 4.49. The van der Waals surface area contributed by atoms with Gasteiger partial charge in [-0.1, -0.05) is 6.07 Å². The van der Waals surface area contributed by atoms with Gasteiger partial charge in [-0.05, 0) is 96.0 Å². The van der Waals surface area contributed by atoms with Crippen LogP contribution in [0.4, 0.5) is 17.3 Å². The van der Waals surface area contributed by atoms with Gasteiger partial charge in [-0.3, -0.25) is 4.79 Å². The van der Waals surface area contributed by atoms with Crippen LogP contribution in [0.15, 0.2) is 41.3 Å². The van der Waals surface area contributed by atoms with Crippen LogP contribution in [-0.2, 0) is 9.84 Å². The first-order chi connectivity index (χ1) is 16.8. The average Bonchev–Trinajstić information content (AvgIpc) is 3.57. The van der Waals surface area contributed by atoms with Crippen molar-refractivity contribution in [1.82, 2.24) is 4.98 Å². The summed E-state index contributed by atoms with van der Waals surface area (Å²) >= 11 is 0. The smallest absolute Gasteiger partial charge is 0.259 e. The van der Waals surface area contributed by atoms with Gasteiger partial charge in [0.2, 0.25) is 0 Å². The third kappa shape index (κ3) is 5.52. The summed E-state index contributed by atoms with van der Waals surface area (Å²) in [6.07, 6.45) is 4.73. The number of piperidine rings is 1. The van der Waals surface area contributed by atoms with Gasteiger partial charge in [0.05, 0.1) is 27.4 Å². The fourth-order valence-corrected chi connectivity index (χ4v) is 5.73. The number of anilines is 3. The van der Waals surface area contributed by atoms with E-state index in [1.54, 1.807) is 51.1 Å². The maximum atomic E-state index is 13.4. The molecule has 2 heterocycles. The van der Waals surface area contributed by atoms with Gasteiger partial charge in [0.25, 0.3) is 5.91 Å². The predicted molar refractivity (Wildman–Crippen MR) is 143 cm³/mol. The number of hydrogen-bond acceptors (Lipinski definition) is 7. The van der Waals surface area contributed by atoms with Crippen LogP contribution in [0, 0.1) is 5.41 Å². The quantitative estimate of drug-likeness (QED) is 0.500. The highest BCUT2D eigenvalue weighted by molar-refractivity contribution is 7.92. The summed E-state index contributed by atoms with van der Waals surface area (Å²) in [6.45, 7) is 10.3. The molecule has 8 nitrogen and oxygen atoms in total. The number of benzene rings is 1. The zero-order valence-electron chi connectivity index (χ0n) is 21.9. The molecule has 2 fully saturated rings. The highest BCUT2D eigenvalue weighted by Gasteiger charge is 2.45. The van der Waals surface area contributed by atoms with Crippen LogP contribution >= 0.6 is 0 Å². The molecule has 0 atom stereocenters. The fraction of sp³-hybridized carbons (Fsp3) is 0.556. The molecule has 0 bridgehead atoms. The third-order valence-electron chi connectivity index (χ3n) is 7.27. The normalized spacial score (nSPS) is 17.7. The van der Waals surface area contributed by atoms with Gasteiger partial charge in [-0.25, -0.2) is 13.4 Å². The van der Waals surface area contributed by atoms with Gasteiger partial charge < -0.3 is 20.6 Å². The van der Waals surface area contributed by atoms with E-state index in [9.17, 15) is 18.3 Å². The molecule has 2 aromatic rings. The van der Waals surface area contributed by atoms with E-state index in [2.05, 4.69) is 15.5 Å². The van der Waals surface area contributed by atoms with Crippen LogP contribution in [0.5, 0.6) is 0 Å². The van der Waals surface area contributed by atoms with Crippen LogP contribution in [0.25, 0.3) is 0 Å². The first-order valence-electron chi connectivity index (χ1n) is 12.6. The molecule has 1 aliphatic heterocycles. The average molecular weight is 515 g/mol. The minimum Gasteiger partial charge on any atom is -0.394 e. The summed E-state index contributed by atoms with van der Waals surface area (Å²) in [4.78, 5) is 20.6. The summed E-state index contributed by atoms with van der Waals surface area (Å²) in [7, 11) is -3.56. The second kappa shape index (κ2) is 9.34. The zero-order chi connectivity index (χ0) is 26.4. The van der Waals surface area contributed by atoms with Gasteiger partial charge in [0.15, 0.2) is 9.84 Å². The molecule has 4 rings (SSSR count). The number of carbonyl (C=O) groups excluding carboxylic acids is 1. The second-order valence-corrected chi connectivity index (χ2v) is 14.5. The number of sulfone groups is 1. The van der Waals surface area contributed by atoms with Crippen molar-refractivity contribution in [1.29, 1.82) is 0 Å². The van der Waals surface area contributed by atoms with Gasteiger partial charge in [-0.2, -0.15) is 0 Å². The summed E-state index contributed by atoms with van der Waals surface area (Å²) in [5.74, 6) is 0.841. The van der Waals surface area contributed by atoms with E-state index in [1.807, 2.05) is 13.8 Å². The van der Waals surface area contributed by atoms with Crippen molar-refractivity contribution in [3.8, 4) is 0 Å². The lowest BCUT2D eigenvalue weighted by Gasteiger charge is -2.34. The number of aliphatic hydroxyl groups is 1. The van der Waals surface area contributed by atoms with E-state index in [1.165, 1.54) is 18.9 Å². The molecule has 0 radical (unpaired) electrons. The number of aliphatic hydroxyl groups excluding tert-OH is 1. The van der Waals surface area contributed by atoms with Crippen molar-refractivity contribution in [2.45, 2.75) is 75.5 Å². The molecule has 1 amide bonds. The molecule has 3 N–H and O–H groups in total. The Morgan fingerprint density at radius 1 is 1.06 bits per heavy atom. The number of amides is 1. The summed E-state index contributed by atoms with van der Waals surface area (Å²) in [5, 5.41) is 15.8. The lowest BCUT2D eigenvalue weighted by atomic mass is 9.93. The molecule has 1 spiro atoms. The summed E-state index contributed by atoms with van der Waals surface area (Å²) < 4.78 is 24.9. The molecule has 1 aromatic carbocycles. The third-order valence-corrected chi connectivity index (χ3v) is 9.76. The minimum atomic E-state index is -3.56. The molecule has 2 aliphatic rings. The molecule has 0 unspecified atom stereocenters. The topological polar surface area (TPSA) is 112 Å². The zero-order valence-corrected chi connectivity index (χ0v) is 22.7. The van der Waals surface area contributed by atoms with Crippen molar-refractivity contribution in [3.05, 3.63) is 42.0 Å². The van der Waals surface area contributed by atoms with Crippen LogP contribution in [0.2, 0.25) is 0 Å².